The molecule has 4 rings (SSSR count). The first-order valence-electron chi connectivity index (χ1n) is 9.23. The number of carbonyl (C=O) groups is 1. The summed E-state index contributed by atoms with van der Waals surface area (Å²) in [7, 11) is 0. The van der Waals surface area contributed by atoms with Crippen LogP contribution in [-0.2, 0) is 0 Å². The normalized spacial score (nSPS) is 14.0. The second kappa shape index (κ2) is 8.22. The molecule has 0 aliphatic carbocycles. The van der Waals surface area contributed by atoms with Gasteiger partial charge in [0.25, 0.3) is 5.91 Å². The minimum Gasteiger partial charge on any atom is -0.368 e. The molecule has 2 heterocycles. The van der Waals surface area contributed by atoms with Crippen LogP contribution in [-0.4, -0.2) is 47.0 Å². The zero-order chi connectivity index (χ0) is 20.2. The maximum absolute atomic E-state index is 13.8. The van der Waals surface area contributed by atoms with E-state index in [2.05, 4.69) is 20.2 Å². The van der Waals surface area contributed by atoms with Crippen LogP contribution in [0.15, 0.2) is 60.9 Å². The number of hydrogen-bond donors (Lipinski definition) is 1. The van der Waals surface area contributed by atoms with Gasteiger partial charge in [-0.05, 0) is 36.4 Å². The summed E-state index contributed by atoms with van der Waals surface area (Å²) < 4.78 is 26.9. The minimum absolute atomic E-state index is 0.206. The van der Waals surface area contributed by atoms with Crippen molar-refractivity contribution in [1.82, 2.24) is 14.9 Å². The summed E-state index contributed by atoms with van der Waals surface area (Å²) in [4.78, 5) is 24.8. The van der Waals surface area contributed by atoms with Crippen LogP contribution in [0.5, 0.6) is 0 Å². The molecule has 1 fully saturated rings. The highest BCUT2D eigenvalue weighted by Gasteiger charge is 2.23. The molecule has 0 atom stereocenters. The lowest BCUT2D eigenvalue weighted by Gasteiger charge is -2.36. The Morgan fingerprint density at radius 3 is 2.38 bits per heavy atom. The summed E-state index contributed by atoms with van der Waals surface area (Å²) in [5, 5.41) is 2.87. The molecule has 148 valence electrons. The number of nitrogens with zero attached hydrogens (tertiary/aromatic N) is 4. The largest absolute Gasteiger partial charge is 0.368 e. The molecule has 0 radical (unpaired) electrons. The summed E-state index contributed by atoms with van der Waals surface area (Å²) in [6.07, 6.45) is 1.28. The number of anilines is 3. The maximum atomic E-state index is 13.8. The van der Waals surface area contributed by atoms with Gasteiger partial charge in [0.05, 0.1) is 5.69 Å². The number of rotatable bonds is 4. The van der Waals surface area contributed by atoms with Crippen LogP contribution in [0.3, 0.4) is 0 Å². The van der Waals surface area contributed by atoms with Gasteiger partial charge in [-0.2, -0.15) is 0 Å². The molecule has 1 saturated heterocycles. The van der Waals surface area contributed by atoms with Crippen molar-refractivity contribution in [3.63, 3.8) is 0 Å². The fourth-order valence-corrected chi connectivity index (χ4v) is 3.22. The van der Waals surface area contributed by atoms with Gasteiger partial charge in [0.15, 0.2) is 0 Å². The number of aromatic nitrogens is 2. The van der Waals surface area contributed by atoms with Crippen LogP contribution < -0.4 is 10.2 Å². The van der Waals surface area contributed by atoms with Crippen molar-refractivity contribution in [1.29, 1.82) is 0 Å². The Balaban J connectivity index is 1.41. The zero-order valence-corrected chi connectivity index (χ0v) is 15.6. The van der Waals surface area contributed by atoms with E-state index in [1.54, 1.807) is 35.2 Å². The lowest BCUT2D eigenvalue weighted by atomic mass is 10.2. The Hall–Kier alpha value is -3.55. The van der Waals surface area contributed by atoms with Crippen LogP contribution in [0.2, 0.25) is 0 Å². The first-order chi connectivity index (χ1) is 14.1. The molecule has 1 aliphatic rings. The molecule has 1 aliphatic heterocycles. The lowest BCUT2D eigenvalue weighted by molar-refractivity contribution is 0.0740. The average Bonchev–Trinajstić information content (AvgIpc) is 2.76. The molecule has 1 aromatic heterocycles. The molecule has 0 unspecified atom stereocenters. The van der Waals surface area contributed by atoms with Gasteiger partial charge in [-0.25, -0.2) is 18.7 Å². The number of carbonyl (C=O) groups excluding carboxylic acids is 1. The van der Waals surface area contributed by atoms with Crippen LogP contribution in [0, 0.1) is 11.6 Å². The fraction of sp³-hybridized carbons (Fsp3) is 0.190. The molecule has 6 nitrogen and oxygen atoms in total. The van der Waals surface area contributed by atoms with Crippen molar-refractivity contribution in [3.05, 3.63) is 78.3 Å². The number of hydrogen-bond acceptors (Lipinski definition) is 5. The molecular weight excluding hydrogens is 376 g/mol. The highest BCUT2D eigenvalue weighted by molar-refractivity contribution is 5.93. The monoisotopic (exact) mass is 395 g/mol. The third-order valence-corrected chi connectivity index (χ3v) is 4.78. The number of amides is 1. The highest BCUT2D eigenvalue weighted by atomic mass is 19.1. The molecule has 8 heteroatoms. The number of benzene rings is 2. The average molecular weight is 395 g/mol. The number of nitrogens with one attached hydrogen (secondary N) is 1. The smallest absolute Gasteiger partial charge is 0.272 e. The minimum atomic E-state index is -0.407. The van der Waals surface area contributed by atoms with Crippen LogP contribution in [0.4, 0.5) is 26.0 Å². The second-order valence-electron chi connectivity index (χ2n) is 6.65. The van der Waals surface area contributed by atoms with E-state index in [-0.39, 0.29) is 23.1 Å². The predicted molar refractivity (Wildman–Crippen MR) is 106 cm³/mol. The Morgan fingerprint density at radius 2 is 1.66 bits per heavy atom. The van der Waals surface area contributed by atoms with Crippen molar-refractivity contribution in [2.45, 2.75) is 0 Å². The standard InChI is InChI=1S/C21H19F2N5O/c22-15-5-7-16(8-6-15)27-9-11-28(12-10-27)21(29)19-13-20(25-14-24-19)26-18-4-2-1-3-17(18)23/h1-8,13-14H,9-12H2,(H,24,25,26). The Bertz CT molecular complexity index is 1000. The summed E-state index contributed by atoms with van der Waals surface area (Å²) in [6, 6.07) is 14.1. The molecule has 1 N–H and O–H groups in total. The summed E-state index contributed by atoms with van der Waals surface area (Å²) in [6.45, 7) is 2.33. The Morgan fingerprint density at radius 1 is 0.931 bits per heavy atom. The molecule has 1 amide bonds. The SMILES string of the molecule is O=C(c1cc(Nc2ccccc2F)ncn1)N1CCN(c2ccc(F)cc2)CC1. The summed E-state index contributed by atoms with van der Waals surface area (Å²) in [5.74, 6) is -0.539. The van der Waals surface area contributed by atoms with E-state index in [1.165, 1.54) is 30.6 Å². The number of halogens is 2. The van der Waals surface area contributed by atoms with Crippen molar-refractivity contribution < 1.29 is 13.6 Å². The third-order valence-electron chi connectivity index (χ3n) is 4.78. The van der Waals surface area contributed by atoms with Gasteiger partial charge >= 0.3 is 0 Å². The van der Waals surface area contributed by atoms with Gasteiger partial charge in [0.1, 0.15) is 29.5 Å². The fourth-order valence-electron chi connectivity index (χ4n) is 3.22. The van der Waals surface area contributed by atoms with Crippen molar-refractivity contribution in [3.8, 4) is 0 Å². The molecule has 0 spiro atoms. The van der Waals surface area contributed by atoms with Crippen LogP contribution in [0.25, 0.3) is 0 Å². The molecule has 2 aromatic carbocycles. The van der Waals surface area contributed by atoms with Crippen LogP contribution in [0.1, 0.15) is 10.5 Å². The highest BCUT2D eigenvalue weighted by Crippen LogP contribution is 2.20. The van der Waals surface area contributed by atoms with E-state index >= 15 is 0 Å². The number of piperazine rings is 1. The summed E-state index contributed by atoms with van der Waals surface area (Å²) >= 11 is 0. The van der Waals surface area contributed by atoms with Crippen molar-refractivity contribution >= 4 is 23.1 Å². The zero-order valence-electron chi connectivity index (χ0n) is 15.6. The molecule has 3 aromatic rings. The first kappa shape index (κ1) is 18.8. The molecule has 29 heavy (non-hydrogen) atoms. The van der Waals surface area contributed by atoms with Crippen molar-refractivity contribution in [2.75, 3.05) is 36.4 Å². The number of para-hydroxylation sites is 1. The quantitative estimate of drug-likeness (QED) is 0.733. The topological polar surface area (TPSA) is 61.4 Å². The predicted octanol–water partition coefficient (Wildman–Crippen LogP) is 3.46. The van der Waals surface area contributed by atoms with Gasteiger partial charge < -0.3 is 15.1 Å². The Kier molecular flexibility index (Phi) is 5.33. The van der Waals surface area contributed by atoms with Gasteiger partial charge in [0.2, 0.25) is 0 Å². The molecule has 0 saturated carbocycles. The Labute approximate surface area is 166 Å². The van der Waals surface area contributed by atoms with Gasteiger partial charge in [-0.15, -0.1) is 0 Å². The molecular formula is C21H19F2N5O. The van der Waals surface area contributed by atoms with Gasteiger partial charge in [0, 0.05) is 37.9 Å². The van der Waals surface area contributed by atoms with Crippen LogP contribution >= 0.6 is 0 Å². The van der Waals surface area contributed by atoms with E-state index < -0.39 is 5.82 Å². The van der Waals surface area contributed by atoms with E-state index in [0.717, 1.165) is 5.69 Å². The van der Waals surface area contributed by atoms with E-state index in [0.29, 0.717) is 32.0 Å². The maximum Gasteiger partial charge on any atom is 0.272 e. The lowest BCUT2D eigenvalue weighted by Crippen LogP contribution is -2.49. The first-order valence-corrected chi connectivity index (χ1v) is 9.23. The summed E-state index contributed by atoms with van der Waals surface area (Å²) in [5.41, 5.74) is 1.45. The van der Waals surface area contributed by atoms with Gasteiger partial charge in [-0.1, -0.05) is 12.1 Å². The van der Waals surface area contributed by atoms with E-state index in [1.807, 2.05) is 0 Å². The third kappa shape index (κ3) is 4.31. The second-order valence-corrected chi connectivity index (χ2v) is 6.65. The molecule has 0 bridgehead atoms. The van der Waals surface area contributed by atoms with Gasteiger partial charge in [-0.3, -0.25) is 4.79 Å². The van der Waals surface area contributed by atoms with E-state index in [9.17, 15) is 13.6 Å². The van der Waals surface area contributed by atoms with E-state index in [4.69, 9.17) is 0 Å². The van der Waals surface area contributed by atoms with Crippen molar-refractivity contribution in [2.24, 2.45) is 0 Å².